The number of halogens is 5. The fourth-order valence-electron chi connectivity index (χ4n) is 1.22. The predicted octanol–water partition coefficient (Wildman–Crippen LogP) is 2.44. The van der Waals surface area contributed by atoms with E-state index in [1.807, 2.05) is 22.6 Å². The van der Waals surface area contributed by atoms with Crippen LogP contribution in [0.3, 0.4) is 0 Å². The Kier molecular flexibility index (Phi) is 3.40. The first-order valence-corrected chi connectivity index (χ1v) is 7.12. The van der Waals surface area contributed by atoms with Crippen molar-refractivity contribution in [1.82, 2.24) is 9.38 Å². The van der Waals surface area contributed by atoms with Gasteiger partial charge in [-0.2, -0.15) is 0 Å². The van der Waals surface area contributed by atoms with Gasteiger partial charge in [0.25, 0.3) is 0 Å². The number of hydrogen-bond acceptors (Lipinski definition) is 1. The summed E-state index contributed by atoms with van der Waals surface area (Å²) < 4.78 is 39.4. The van der Waals surface area contributed by atoms with Crippen LogP contribution in [-0.4, -0.2) is 29.4 Å². The predicted molar refractivity (Wildman–Crippen MR) is 64.4 cm³/mol. The standard InChI is InChI=1S/C8H3ClF3IN2Se/c9-6-5-3-4(13)7(16-8(10,11)12)15(5)2-1-14-6/h1-3H. The molecule has 0 aromatic carbocycles. The summed E-state index contributed by atoms with van der Waals surface area (Å²) in [6.07, 6.45) is 2.88. The van der Waals surface area contributed by atoms with Gasteiger partial charge in [-0.05, 0) is 0 Å². The third-order valence-corrected chi connectivity index (χ3v) is 5.47. The van der Waals surface area contributed by atoms with Gasteiger partial charge >= 0.3 is 114 Å². The number of nitrogens with zero attached hydrogens (tertiary/aromatic N) is 2. The van der Waals surface area contributed by atoms with Crippen LogP contribution in [0, 0.1) is 3.57 Å². The Morgan fingerprint density at radius 1 is 1.44 bits per heavy atom. The third kappa shape index (κ3) is 2.47. The van der Waals surface area contributed by atoms with Gasteiger partial charge in [0.1, 0.15) is 0 Å². The molecule has 2 heterocycles. The van der Waals surface area contributed by atoms with Crippen LogP contribution in [-0.2, 0) is 0 Å². The number of fused-ring (bicyclic) bond motifs is 1. The summed E-state index contributed by atoms with van der Waals surface area (Å²) >= 11 is 6.10. The number of rotatable bonds is 1. The Morgan fingerprint density at radius 3 is 2.75 bits per heavy atom. The van der Waals surface area contributed by atoms with Gasteiger partial charge in [0.15, 0.2) is 0 Å². The van der Waals surface area contributed by atoms with E-state index in [0.29, 0.717) is 9.09 Å². The molecule has 0 aliphatic carbocycles. The van der Waals surface area contributed by atoms with E-state index < -0.39 is 20.0 Å². The van der Waals surface area contributed by atoms with Gasteiger partial charge in [0, 0.05) is 0 Å². The van der Waals surface area contributed by atoms with Crippen molar-refractivity contribution >= 4 is 59.3 Å². The van der Waals surface area contributed by atoms with Gasteiger partial charge in [-0.1, -0.05) is 0 Å². The zero-order valence-corrected chi connectivity index (χ0v) is 12.1. The zero-order valence-electron chi connectivity index (χ0n) is 7.42. The van der Waals surface area contributed by atoms with E-state index in [0.717, 1.165) is 0 Å². The van der Waals surface area contributed by atoms with Crippen LogP contribution in [0.4, 0.5) is 13.2 Å². The second-order valence-corrected chi connectivity index (χ2v) is 6.55. The van der Waals surface area contributed by atoms with Crippen LogP contribution in [0.1, 0.15) is 0 Å². The monoisotopic (exact) mass is 426 g/mol. The summed E-state index contributed by atoms with van der Waals surface area (Å²) in [4.78, 5) is 3.83. The molecule has 0 N–H and O–H groups in total. The minimum absolute atomic E-state index is 0.213. The Hall–Kier alpha value is 0.0195. The third-order valence-electron chi connectivity index (χ3n) is 1.77. The van der Waals surface area contributed by atoms with E-state index in [9.17, 15) is 13.2 Å². The molecule has 2 nitrogen and oxygen atoms in total. The van der Waals surface area contributed by atoms with Crippen molar-refractivity contribution in [3.63, 3.8) is 0 Å². The fourth-order valence-corrected chi connectivity index (χ4v) is 3.88. The van der Waals surface area contributed by atoms with E-state index in [4.69, 9.17) is 11.6 Å². The van der Waals surface area contributed by atoms with Gasteiger partial charge < -0.3 is 0 Å². The van der Waals surface area contributed by atoms with Gasteiger partial charge in [-0.25, -0.2) is 0 Å². The van der Waals surface area contributed by atoms with Crippen molar-refractivity contribution in [2.75, 3.05) is 0 Å². The van der Waals surface area contributed by atoms with E-state index in [-0.39, 0.29) is 9.75 Å². The summed E-state index contributed by atoms with van der Waals surface area (Å²) in [6, 6.07) is 1.61. The number of hydrogen-bond donors (Lipinski definition) is 0. The van der Waals surface area contributed by atoms with Crippen LogP contribution < -0.4 is 4.59 Å². The Labute approximate surface area is 113 Å². The first-order chi connectivity index (χ1) is 7.38. The molecule has 2 rings (SSSR count). The molecular formula is C8H3ClF3IN2Se. The fraction of sp³-hybridized carbons (Fsp3) is 0.125. The van der Waals surface area contributed by atoms with Crippen LogP contribution in [0.5, 0.6) is 0 Å². The zero-order chi connectivity index (χ0) is 11.9. The quantitative estimate of drug-likeness (QED) is 0.507. The second-order valence-electron chi connectivity index (χ2n) is 2.82. The molecule has 2 aromatic heterocycles. The molecule has 16 heavy (non-hydrogen) atoms. The Morgan fingerprint density at radius 2 is 2.12 bits per heavy atom. The summed E-state index contributed by atoms with van der Waals surface area (Å²) in [5.74, 6) is 0. The first-order valence-electron chi connectivity index (χ1n) is 3.95. The maximum absolute atomic E-state index is 12.4. The van der Waals surface area contributed by atoms with Crippen LogP contribution in [0.15, 0.2) is 18.5 Å². The molecule has 86 valence electrons. The molecule has 0 amide bonds. The molecule has 2 aromatic rings. The van der Waals surface area contributed by atoms with Crippen molar-refractivity contribution < 1.29 is 13.2 Å². The molecule has 0 fully saturated rings. The molecule has 0 aliphatic heterocycles. The molecule has 8 heteroatoms. The van der Waals surface area contributed by atoms with Crippen molar-refractivity contribution in [2.24, 2.45) is 0 Å². The number of aromatic nitrogens is 2. The molecule has 0 aliphatic rings. The van der Waals surface area contributed by atoms with Crippen molar-refractivity contribution in [3.05, 3.63) is 27.2 Å². The average molecular weight is 425 g/mol. The van der Waals surface area contributed by atoms with Gasteiger partial charge in [0.2, 0.25) is 0 Å². The average Bonchev–Trinajstić information content (AvgIpc) is 2.44. The summed E-state index contributed by atoms with van der Waals surface area (Å²) in [5, 5.41) is -3.96. The normalized spacial score (nSPS) is 12.3. The minimum atomic E-state index is -4.17. The molecular weight excluding hydrogens is 422 g/mol. The summed E-state index contributed by atoms with van der Waals surface area (Å²) in [5.41, 5.74) is 0.509. The van der Waals surface area contributed by atoms with Gasteiger partial charge in [0.05, 0.1) is 0 Å². The molecule has 0 unspecified atom stereocenters. The number of alkyl halides is 3. The maximum atomic E-state index is 12.4. The van der Waals surface area contributed by atoms with E-state index in [1.165, 1.54) is 16.8 Å². The molecule has 0 saturated carbocycles. The van der Waals surface area contributed by atoms with Crippen LogP contribution in [0.2, 0.25) is 5.15 Å². The van der Waals surface area contributed by atoms with Crippen molar-refractivity contribution in [2.45, 2.75) is 5.07 Å². The second kappa shape index (κ2) is 4.36. The topological polar surface area (TPSA) is 17.3 Å². The van der Waals surface area contributed by atoms with E-state index in [2.05, 4.69) is 4.98 Å². The Balaban J connectivity index is 2.61. The first kappa shape index (κ1) is 12.5. The van der Waals surface area contributed by atoms with Gasteiger partial charge in [-0.3, -0.25) is 0 Å². The summed E-state index contributed by atoms with van der Waals surface area (Å²) in [7, 11) is 0. The van der Waals surface area contributed by atoms with E-state index in [1.54, 1.807) is 6.07 Å². The van der Waals surface area contributed by atoms with Crippen molar-refractivity contribution in [1.29, 1.82) is 0 Å². The molecule has 0 atom stereocenters. The van der Waals surface area contributed by atoms with Crippen LogP contribution in [0.25, 0.3) is 5.52 Å². The van der Waals surface area contributed by atoms with Crippen molar-refractivity contribution in [3.8, 4) is 0 Å². The molecule has 0 spiro atoms. The van der Waals surface area contributed by atoms with Crippen LogP contribution >= 0.6 is 34.2 Å². The molecule has 0 radical (unpaired) electrons. The SMILES string of the molecule is FC(F)(F)[Se]c1c(I)cc2c(Cl)nccn12. The van der Waals surface area contributed by atoms with Gasteiger partial charge in [-0.15, -0.1) is 0 Å². The molecule has 0 saturated heterocycles. The van der Waals surface area contributed by atoms with E-state index >= 15 is 0 Å². The Bertz CT molecular complexity index is 540. The molecule has 0 bridgehead atoms. The summed E-state index contributed by atoms with van der Waals surface area (Å²) in [6.45, 7) is 0.